The average molecular weight is 265 g/mol. The highest BCUT2D eigenvalue weighted by Crippen LogP contribution is 2.13. The predicted molar refractivity (Wildman–Crippen MR) is 71.4 cm³/mol. The van der Waals surface area contributed by atoms with Crippen molar-refractivity contribution in [3.05, 3.63) is 29.8 Å². The molecule has 5 nitrogen and oxygen atoms in total. The molecule has 0 aromatic heterocycles. The van der Waals surface area contributed by atoms with E-state index in [4.69, 9.17) is 9.47 Å². The second kappa shape index (κ2) is 8.26. The molecule has 19 heavy (non-hydrogen) atoms. The molecule has 0 aliphatic heterocycles. The summed E-state index contributed by atoms with van der Waals surface area (Å²) in [5.74, 6) is 0.448. The Hall–Kier alpha value is -1.88. The van der Waals surface area contributed by atoms with Crippen LogP contribution in [0.5, 0.6) is 5.75 Å². The van der Waals surface area contributed by atoms with Crippen LogP contribution in [-0.4, -0.2) is 38.6 Å². The summed E-state index contributed by atoms with van der Waals surface area (Å²) in [6, 6.07) is 6.77. The molecule has 0 fully saturated rings. The van der Waals surface area contributed by atoms with Crippen molar-refractivity contribution >= 4 is 11.7 Å². The van der Waals surface area contributed by atoms with Crippen molar-refractivity contribution in [3.63, 3.8) is 0 Å². The fourth-order valence-electron chi connectivity index (χ4n) is 1.43. The summed E-state index contributed by atoms with van der Waals surface area (Å²) in [6.07, 6.45) is 0.474. The first-order chi connectivity index (χ1) is 9.17. The van der Waals surface area contributed by atoms with Crippen molar-refractivity contribution in [2.75, 3.05) is 26.9 Å². The van der Waals surface area contributed by atoms with Gasteiger partial charge in [0.1, 0.15) is 5.75 Å². The molecule has 0 heterocycles. The highest BCUT2D eigenvalue weighted by molar-refractivity contribution is 5.95. The van der Waals surface area contributed by atoms with Gasteiger partial charge in [0.15, 0.2) is 12.4 Å². The molecule has 1 amide bonds. The predicted octanol–water partition coefficient (Wildman–Crippen LogP) is 1.42. The van der Waals surface area contributed by atoms with Gasteiger partial charge in [0, 0.05) is 25.6 Å². The molecule has 0 spiro atoms. The number of methoxy groups -OCH3 is 1. The maximum Gasteiger partial charge on any atom is 0.258 e. The Morgan fingerprint density at radius 1 is 1.21 bits per heavy atom. The molecule has 1 aromatic rings. The summed E-state index contributed by atoms with van der Waals surface area (Å²) in [7, 11) is 1.57. The van der Waals surface area contributed by atoms with Crippen molar-refractivity contribution < 1.29 is 19.1 Å². The lowest BCUT2D eigenvalue weighted by Crippen LogP contribution is -2.31. The van der Waals surface area contributed by atoms with E-state index >= 15 is 0 Å². The van der Waals surface area contributed by atoms with Gasteiger partial charge in [-0.25, -0.2) is 0 Å². The molecule has 0 bridgehead atoms. The molecule has 0 atom stereocenters. The number of nitrogens with one attached hydrogen (secondary N) is 1. The van der Waals surface area contributed by atoms with Crippen LogP contribution in [-0.2, 0) is 9.53 Å². The minimum Gasteiger partial charge on any atom is -0.484 e. The molecule has 1 N–H and O–H groups in total. The topological polar surface area (TPSA) is 64.6 Å². The first-order valence-corrected chi connectivity index (χ1v) is 6.19. The van der Waals surface area contributed by atoms with Gasteiger partial charge in [0.2, 0.25) is 0 Å². The fourth-order valence-corrected chi connectivity index (χ4v) is 1.43. The molecule has 0 saturated heterocycles. The first kappa shape index (κ1) is 15.2. The number of Topliss-reactive ketones (excluding diaryl/α,β-unsaturated/α-hetero) is 1. The summed E-state index contributed by atoms with van der Waals surface area (Å²) in [5, 5.41) is 2.65. The number of carbonyl (C=O) groups excluding carboxylic acids is 2. The zero-order chi connectivity index (χ0) is 14.1. The summed E-state index contributed by atoms with van der Waals surface area (Å²) >= 11 is 0. The van der Waals surface area contributed by atoms with Crippen LogP contribution in [0.1, 0.15) is 23.7 Å². The number of hydrogen-bond donors (Lipinski definition) is 1. The van der Waals surface area contributed by atoms with E-state index in [0.717, 1.165) is 0 Å². The van der Waals surface area contributed by atoms with E-state index in [1.807, 2.05) is 6.92 Å². The first-order valence-electron chi connectivity index (χ1n) is 6.19. The van der Waals surface area contributed by atoms with Crippen molar-refractivity contribution in [3.8, 4) is 5.75 Å². The molecule has 0 unspecified atom stereocenters. The minimum atomic E-state index is -0.203. The number of hydrogen-bond acceptors (Lipinski definition) is 4. The summed E-state index contributed by atoms with van der Waals surface area (Å²) < 4.78 is 10.1. The Bertz CT molecular complexity index is 414. The molecule has 0 aliphatic rings. The Balaban J connectivity index is 2.37. The lowest BCUT2D eigenvalue weighted by atomic mass is 10.1. The standard InChI is InChI=1S/C14H19NO4/c1-3-13(16)11-4-6-12(7-5-11)19-10-14(17)15-8-9-18-2/h4-7H,3,8-10H2,1-2H3,(H,15,17). The normalized spacial score (nSPS) is 10.0. The molecular weight excluding hydrogens is 246 g/mol. The van der Waals surface area contributed by atoms with Crippen LogP contribution in [0.25, 0.3) is 0 Å². The highest BCUT2D eigenvalue weighted by atomic mass is 16.5. The molecule has 104 valence electrons. The van der Waals surface area contributed by atoms with E-state index in [1.165, 1.54) is 0 Å². The fraction of sp³-hybridized carbons (Fsp3) is 0.429. The van der Waals surface area contributed by atoms with Gasteiger partial charge in [-0.15, -0.1) is 0 Å². The van der Waals surface area contributed by atoms with Gasteiger partial charge in [-0.3, -0.25) is 9.59 Å². The zero-order valence-corrected chi connectivity index (χ0v) is 11.3. The third kappa shape index (κ3) is 5.52. The van der Waals surface area contributed by atoms with Gasteiger partial charge in [-0.2, -0.15) is 0 Å². The molecule has 1 rings (SSSR count). The average Bonchev–Trinajstić information content (AvgIpc) is 2.45. The summed E-state index contributed by atoms with van der Waals surface area (Å²) in [6.45, 7) is 2.70. The molecule has 5 heteroatoms. The summed E-state index contributed by atoms with van der Waals surface area (Å²) in [4.78, 5) is 22.8. The van der Waals surface area contributed by atoms with Crippen molar-refractivity contribution in [2.24, 2.45) is 0 Å². The Morgan fingerprint density at radius 2 is 1.89 bits per heavy atom. The Morgan fingerprint density at radius 3 is 2.47 bits per heavy atom. The van der Waals surface area contributed by atoms with E-state index in [-0.39, 0.29) is 18.3 Å². The maximum absolute atomic E-state index is 11.4. The van der Waals surface area contributed by atoms with Crippen LogP contribution in [0.4, 0.5) is 0 Å². The van der Waals surface area contributed by atoms with E-state index in [9.17, 15) is 9.59 Å². The second-order valence-electron chi connectivity index (χ2n) is 3.93. The van der Waals surface area contributed by atoms with Gasteiger partial charge in [0.25, 0.3) is 5.91 Å². The van der Waals surface area contributed by atoms with E-state index in [2.05, 4.69) is 5.32 Å². The van der Waals surface area contributed by atoms with Crippen molar-refractivity contribution in [2.45, 2.75) is 13.3 Å². The van der Waals surface area contributed by atoms with Gasteiger partial charge < -0.3 is 14.8 Å². The molecule has 1 aromatic carbocycles. The maximum atomic E-state index is 11.4. The smallest absolute Gasteiger partial charge is 0.258 e. The van der Waals surface area contributed by atoms with E-state index in [0.29, 0.717) is 30.9 Å². The largest absolute Gasteiger partial charge is 0.484 e. The second-order valence-corrected chi connectivity index (χ2v) is 3.93. The molecule has 0 aliphatic carbocycles. The quantitative estimate of drug-likeness (QED) is 0.570. The highest BCUT2D eigenvalue weighted by Gasteiger charge is 2.04. The molecule has 0 saturated carbocycles. The van der Waals surface area contributed by atoms with Gasteiger partial charge in [0.05, 0.1) is 6.61 Å². The van der Waals surface area contributed by atoms with Crippen LogP contribution in [0, 0.1) is 0 Å². The number of benzene rings is 1. The zero-order valence-electron chi connectivity index (χ0n) is 11.3. The van der Waals surface area contributed by atoms with Crippen LogP contribution >= 0.6 is 0 Å². The Kier molecular flexibility index (Phi) is 6.60. The monoisotopic (exact) mass is 265 g/mol. The van der Waals surface area contributed by atoms with Crippen LogP contribution in [0.15, 0.2) is 24.3 Å². The van der Waals surface area contributed by atoms with Gasteiger partial charge in [-0.1, -0.05) is 6.92 Å². The third-order valence-corrected chi connectivity index (χ3v) is 2.50. The third-order valence-electron chi connectivity index (χ3n) is 2.50. The lowest BCUT2D eigenvalue weighted by molar-refractivity contribution is -0.123. The Labute approximate surface area is 112 Å². The van der Waals surface area contributed by atoms with Crippen molar-refractivity contribution in [1.82, 2.24) is 5.32 Å². The lowest BCUT2D eigenvalue weighted by Gasteiger charge is -2.07. The number of rotatable bonds is 8. The van der Waals surface area contributed by atoms with Gasteiger partial charge >= 0.3 is 0 Å². The van der Waals surface area contributed by atoms with Crippen molar-refractivity contribution in [1.29, 1.82) is 0 Å². The van der Waals surface area contributed by atoms with E-state index in [1.54, 1.807) is 31.4 Å². The number of carbonyl (C=O) groups is 2. The molecular formula is C14H19NO4. The van der Waals surface area contributed by atoms with Gasteiger partial charge in [-0.05, 0) is 24.3 Å². The van der Waals surface area contributed by atoms with Crippen LogP contribution < -0.4 is 10.1 Å². The number of ether oxygens (including phenoxy) is 2. The number of ketones is 1. The molecule has 0 radical (unpaired) electrons. The van der Waals surface area contributed by atoms with E-state index < -0.39 is 0 Å². The van der Waals surface area contributed by atoms with Crippen LogP contribution in [0.3, 0.4) is 0 Å². The minimum absolute atomic E-state index is 0.0508. The summed E-state index contributed by atoms with van der Waals surface area (Å²) in [5.41, 5.74) is 0.652. The SMILES string of the molecule is CCC(=O)c1ccc(OCC(=O)NCCOC)cc1. The number of amides is 1. The van der Waals surface area contributed by atoms with Crippen LogP contribution in [0.2, 0.25) is 0 Å².